The fourth-order valence-corrected chi connectivity index (χ4v) is 2.36. The summed E-state index contributed by atoms with van der Waals surface area (Å²) in [5, 5.41) is 8.00. The molecule has 1 aliphatic rings. The lowest BCUT2D eigenvalue weighted by Gasteiger charge is -2.20. The van der Waals surface area contributed by atoms with E-state index in [0.29, 0.717) is 12.6 Å². The Balaban J connectivity index is 2.00. The van der Waals surface area contributed by atoms with Crippen LogP contribution in [0.25, 0.3) is 5.65 Å². The summed E-state index contributed by atoms with van der Waals surface area (Å²) in [6.45, 7) is 1.56. The fraction of sp³-hybridized carbons (Fsp3) is 0.500. The van der Waals surface area contributed by atoms with Crippen LogP contribution >= 0.6 is 0 Å². The second-order valence-electron chi connectivity index (χ2n) is 4.48. The van der Waals surface area contributed by atoms with Crippen molar-refractivity contribution in [3.05, 3.63) is 29.7 Å². The van der Waals surface area contributed by atoms with Crippen LogP contribution in [0.3, 0.4) is 0 Å². The molecule has 1 fully saturated rings. The highest BCUT2D eigenvalue weighted by Gasteiger charge is 2.19. The molecule has 3 heterocycles. The summed E-state index contributed by atoms with van der Waals surface area (Å²) in [6, 6.07) is 4.26. The Hall–Kier alpha value is -1.46. The third-order valence-corrected chi connectivity index (χ3v) is 3.30. The summed E-state index contributed by atoms with van der Waals surface area (Å²) in [5.41, 5.74) is 7.64. The van der Waals surface area contributed by atoms with E-state index in [4.69, 9.17) is 5.73 Å². The zero-order chi connectivity index (χ0) is 11.7. The molecule has 0 spiro atoms. The minimum absolute atomic E-state index is 0.300. The van der Waals surface area contributed by atoms with E-state index in [1.165, 1.54) is 12.8 Å². The van der Waals surface area contributed by atoms with Crippen molar-refractivity contribution in [2.24, 2.45) is 5.73 Å². The number of nitrogens with two attached hydrogens (primary N) is 1. The van der Waals surface area contributed by atoms with Crippen LogP contribution in [0.1, 0.15) is 36.7 Å². The number of piperidine rings is 1. The van der Waals surface area contributed by atoms with Crippen LogP contribution in [0.15, 0.2) is 18.3 Å². The SMILES string of the molecule is NCc1cccn2nc(C3CCCCN3)nc12. The molecule has 2 aromatic heterocycles. The van der Waals surface area contributed by atoms with Gasteiger partial charge in [0.05, 0.1) is 6.04 Å². The molecular weight excluding hydrogens is 214 g/mol. The average Bonchev–Trinajstić information content (AvgIpc) is 2.83. The maximum absolute atomic E-state index is 5.71. The monoisotopic (exact) mass is 231 g/mol. The Morgan fingerprint density at radius 2 is 2.41 bits per heavy atom. The minimum Gasteiger partial charge on any atom is -0.326 e. The highest BCUT2D eigenvalue weighted by molar-refractivity contribution is 5.46. The van der Waals surface area contributed by atoms with Gasteiger partial charge in [0.15, 0.2) is 11.5 Å². The number of hydrogen-bond acceptors (Lipinski definition) is 4. The Labute approximate surface area is 100 Å². The van der Waals surface area contributed by atoms with Crippen molar-refractivity contribution in [2.75, 3.05) is 6.54 Å². The zero-order valence-electron chi connectivity index (χ0n) is 9.76. The van der Waals surface area contributed by atoms with Crippen LogP contribution in [0.2, 0.25) is 0 Å². The van der Waals surface area contributed by atoms with Gasteiger partial charge >= 0.3 is 0 Å². The number of fused-ring (bicyclic) bond motifs is 1. The van der Waals surface area contributed by atoms with E-state index in [2.05, 4.69) is 15.4 Å². The first kappa shape index (κ1) is 10.7. The van der Waals surface area contributed by atoms with Crippen LogP contribution in [0.5, 0.6) is 0 Å². The smallest absolute Gasteiger partial charge is 0.168 e. The van der Waals surface area contributed by atoms with Crippen LogP contribution < -0.4 is 11.1 Å². The van der Waals surface area contributed by atoms with Crippen LogP contribution in [-0.2, 0) is 6.54 Å². The van der Waals surface area contributed by atoms with Crippen molar-refractivity contribution < 1.29 is 0 Å². The molecule has 0 bridgehead atoms. The standard InChI is InChI=1S/C12H17N5/c13-8-9-4-3-7-17-12(9)15-11(16-17)10-5-1-2-6-14-10/h3-4,7,10,14H,1-2,5-6,8,13H2. The zero-order valence-corrected chi connectivity index (χ0v) is 9.76. The highest BCUT2D eigenvalue weighted by atomic mass is 15.3. The van der Waals surface area contributed by atoms with Gasteiger partial charge in [-0.25, -0.2) is 9.50 Å². The third kappa shape index (κ3) is 1.92. The topological polar surface area (TPSA) is 68.2 Å². The van der Waals surface area contributed by atoms with Crippen molar-refractivity contribution >= 4 is 5.65 Å². The number of aromatic nitrogens is 3. The molecule has 1 unspecified atom stereocenters. The van der Waals surface area contributed by atoms with Gasteiger partial charge < -0.3 is 11.1 Å². The fourth-order valence-electron chi connectivity index (χ4n) is 2.36. The molecule has 1 atom stereocenters. The molecule has 17 heavy (non-hydrogen) atoms. The minimum atomic E-state index is 0.300. The number of nitrogens with zero attached hydrogens (tertiary/aromatic N) is 3. The molecule has 1 aliphatic heterocycles. The molecule has 2 aromatic rings. The third-order valence-electron chi connectivity index (χ3n) is 3.30. The van der Waals surface area contributed by atoms with E-state index in [0.717, 1.165) is 30.0 Å². The maximum Gasteiger partial charge on any atom is 0.168 e. The van der Waals surface area contributed by atoms with Crippen molar-refractivity contribution in [2.45, 2.75) is 31.8 Å². The van der Waals surface area contributed by atoms with Gasteiger partial charge in [-0.15, -0.1) is 5.10 Å². The quantitative estimate of drug-likeness (QED) is 0.809. The van der Waals surface area contributed by atoms with Gasteiger partial charge in [0, 0.05) is 18.3 Å². The summed E-state index contributed by atoms with van der Waals surface area (Å²) >= 11 is 0. The van der Waals surface area contributed by atoms with Gasteiger partial charge in [-0.05, 0) is 25.5 Å². The number of rotatable bonds is 2. The molecule has 90 valence electrons. The lowest BCUT2D eigenvalue weighted by molar-refractivity contribution is 0.397. The molecule has 0 radical (unpaired) electrons. The predicted molar refractivity (Wildman–Crippen MR) is 65.5 cm³/mol. The number of pyridine rings is 1. The lowest BCUT2D eigenvalue weighted by Crippen LogP contribution is -2.27. The van der Waals surface area contributed by atoms with Crippen molar-refractivity contribution in [3.8, 4) is 0 Å². The summed E-state index contributed by atoms with van der Waals surface area (Å²) in [6.07, 6.45) is 5.54. The molecule has 0 saturated carbocycles. The molecule has 0 aromatic carbocycles. The van der Waals surface area contributed by atoms with Crippen molar-refractivity contribution in [1.29, 1.82) is 0 Å². The summed E-state index contributed by atoms with van der Waals surface area (Å²) < 4.78 is 1.83. The largest absolute Gasteiger partial charge is 0.326 e. The Bertz CT molecular complexity index is 513. The van der Waals surface area contributed by atoms with Crippen LogP contribution in [0, 0.1) is 0 Å². The van der Waals surface area contributed by atoms with E-state index in [1.54, 1.807) is 0 Å². The summed E-state index contributed by atoms with van der Waals surface area (Å²) in [4.78, 5) is 4.62. The van der Waals surface area contributed by atoms with Crippen LogP contribution in [0.4, 0.5) is 0 Å². The van der Waals surface area contributed by atoms with Gasteiger partial charge in [-0.1, -0.05) is 12.5 Å². The van der Waals surface area contributed by atoms with E-state index in [9.17, 15) is 0 Å². The number of hydrogen-bond donors (Lipinski definition) is 2. The molecule has 5 nitrogen and oxygen atoms in total. The van der Waals surface area contributed by atoms with Crippen molar-refractivity contribution in [1.82, 2.24) is 19.9 Å². The second-order valence-corrected chi connectivity index (χ2v) is 4.48. The molecule has 5 heteroatoms. The highest BCUT2D eigenvalue weighted by Crippen LogP contribution is 2.21. The maximum atomic E-state index is 5.71. The Morgan fingerprint density at radius 1 is 1.47 bits per heavy atom. The number of nitrogens with one attached hydrogen (secondary N) is 1. The molecule has 0 amide bonds. The van der Waals surface area contributed by atoms with E-state index >= 15 is 0 Å². The van der Waals surface area contributed by atoms with E-state index < -0.39 is 0 Å². The summed E-state index contributed by atoms with van der Waals surface area (Å²) in [5.74, 6) is 0.894. The van der Waals surface area contributed by atoms with Gasteiger partial charge in [0.2, 0.25) is 0 Å². The predicted octanol–water partition coefficient (Wildman–Crippen LogP) is 1.00. The van der Waals surface area contributed by atoms with Gasteiger partial charge in [0.25, 0.3) is 0 Å². The molecule has 3 N–H and O–H groups in total. The normalized spacial score (nSPS) is 20.9. The second kappa shape index (κ2) is 4.43. The molecular formula is C12H17N5. The van der Waals surface area contributed by atoms with Gasteiger partial charge in [0.1, 0.15) is 0 Å². The molecule has 3 rings (SSSR count). The first-order chi connectivity index (χ1) is 8.38. The Kier molecular flexibility index (Phi) is 2.78. The van der Waals surface area contributed by atoms with E-state index in [-0.39, 0.29) is 0 Å². The lowest BCUT2D eigenvalue weighted by atomic mass is 10.0. The van der Waals surface area contributed by atoms with Gasteiger partial charge in [-0.2, -0.15) is 0 Å². The summed E-state index contributed by atoms with van der Waals surface area (Å²) in [7, 11) is 0. The Morgan fingerprint density at radius 3 is 3.18 bits per heavy atom. The first-order valence-electron chi connectivity index (χ1n) is 6.16. The van der Waals surface area contributed by atoms with Crippen LogP contribution in [-0.4, -0.2) is 21.1 Å². The van der Waals surface area contributed by atoms with E-state index in [1.807, 2.05) is 22.8 Å². The molecule has 0 aliphatic carbocycles. The first-order valence-corrected chi connectivity index (χ1v) is 6.16. The average molecular weight is 231 g/mol. The molecule has 1 saturated heterocycles. The van der Waals surface area contributed by atoms with Gasteiger partial charge in [-0.3, -0.25) is 0 Å². The van der Waals surface area contributed by atoms with Crippen molar-refractivity contribution in [3.63, 3.8) is 0 Å².